The van der Waals surface area contributed by atoms with Crippen LogP contribution in [0.5, 0.6) is 5.75 Å². The molecular weight excluding hydrogens is 264 g/mol. The van der Waals surface area contributed by atoms with Crippen molar-refractivity contribution in [1.29, 1.82) is 0 Å². The molecule has 1 aromatic carbocycles. The van der Waals surface area contributed by atoms with Gasteiger partial charge in [0.05, 0.1) is 12.7 Å². The molecule has 0 unspecified atom stereocenters. The normalized spacial score (nSPS) is 10.8. The first-order valence-corrected chi connectivity index (χ1v) is 7.03. The van der Waals surface area contributed by atoms with Gasteiger partial charge in [-0.3, -0.25) is 0 Å². The highest BCUT2D eigenvalue weighted by atomic mass is 16.5. The van der Waals surface area contributed by atoms with E-state index in [1.165, 1.54) is 0 Å². The van der Waals surface area contributed by atoms with Gasteiger partial charge in [-0.15, -0.1) is 0 Å². The van der Waals surface area contributed by atoms with Crippen molar-refractivity contribution in [3.8, 4) is 17.1 Å². The van der Waals surface area contributed by atoms with Crippen LogP contribution in [0.1, 0.15) is 25.1 Å². The third-order valence-corrected chi connectivity index (χ3v) is 3.14. The molecule has 1 aromatic heterocycles. The molecule has 21 heavy (non-hydrogen) atoms. The van der Waals surface area contributed by atoms with E-state index < -0.39 is 0 Å². The maximum Gasteiger partial charge on any atom is 0.165 e. The number of nitrogens with two attached hydrogens (primary N) is 1. The van der Waals surface area contributed by atoms with Gasteiger partial charge in [-0.25, -0.2) is 15.8 Å². The maximum atomic E-state index is 5.52. The molecular formula is C16H22N4O. The number of benzene rings is 1. The van der Waals surface area contributed by atoms with Gasteiger partial charge < -0.3 is 10.2 Å². The summed E-state index contributed by atoms with van der Waals surface area (Å²) in [6.45, 7) is 6.34. The number of methoxy groups -OCH3 is 1. The van der Waals surface area contributed by atoms with E-state index in [1.54, 1.807) is 7.11 Å². The Morgan fingerprint density at radius 1 is 1.24 bits per heavy atom. The first-order chi connectivity index (χ1) is 10.0. The van der Waals surface area contributed by atoms with Gasteiger partial charge in [0.1, 0.15) is 11.6 Å². The number of nitrogens with zero attached hydrogens (tertiary/aromatic N) is 2. The zero-order valence-electron chi connectivity index (χ0n) is 13.0. The first-order valence-electron chi connectivity index (χ1n) is 7.03. The van der Waals surface area contributed by atoms with Crippen molar-refractivity contribution >= 4 is 5.82 Å². The van der Waals surface area contributed by atoms with Crippen LogP contribution in [0.25, 0.3) is 11.4 Å². The summed E-state index contributed by atoms with van der Waals surface area (Å²) in [5.74, 6) is 8.03. The maximum absolute atomic E-state index is 5.52. The quantitative estimate of drug-likeness (QED) is 0.653. The number of ether oxygens (including phenoxy) is 1. The molecule has 0 fully saturated rings. The van der Waals surface area contributed by atoms with E-state index >= 15 is 0 Å². The first kappa shape index (κ1) is 15.3. The number of aromatic nitrogens is 2. The Morgan fingerprint density at radius 3 is 2.62 bits per heavy atom. The van der Waals surface area contributed by atoms with E-state index in [1.807, 2.05) is 31.2 Å². The van der Waals surface area contributed by atoms with Crippen LogP contribution in [0.4, 0.5) is 5.82 Å². The van der Waals surface area contributed by atoms with Gasteiger partial charge in [0.2, 0.25) is 0 Å². The number of hydrogen-bond donors (Lipinski definition) is 2. The molecule has 112 valence electrons. The molecule has 0 spiro atoms. The topological polar surface area (TPSA) is 73.1 Å². The van der Waals surface area contributed by atoms with Crippen LogP contribution in [0.2, 0.25) is 0 Å². The van der Waals surface area contributed by atoms with Crippen molar-refractivity contribution < 1.29 is 4.74 Å². The zero-order valence-corrected chi connectivity index (χ0v) is 13.0. The Hall–Kier alpha value is -2.14. The molecule has 0 atom stereocenters. The molecule has 2 aromatic rings. The Morgan fingerprint density at radius 2 is 2.00 bits per heavy atom. The lowest BCUT2D eigenvalue weighted by Crippen LogP contribution is -2.11. The minimum absolute atomic E-state index is 0.512. The van der Waals surface area contributed by atoms with Crippen molar-refractivity contribution in [3.05, 3.63) is 35.5 Å². The standard InChI is InChI=1S/C16H22N4O/c1-10(2)7-12-9-15(20-17)19-16(18-12)13-6-5-11(3)8-14(13)21-4/h5-6,8-10H,7,17H2,1-4H3,(H,18,19,20). The highest BCUT2D eigenvalue weighted by molar-refractivity contribution is 5.66. The fraction of sp³-hybridized carbons (Fsp3) is 0.375. The highest BCUT2D eigenvalue weighted by Gasteiger charge is 2.12. The van der Waals surface area contributed by atoms with E-state index in [0.717, 1.165) is 29.0 Å². The fourth-order valence-corrected chi connectivity index (χ4v) is 2.20. The largest absolute Gasteiger partial charge is 0.496 e. The second-order valence-electron chi connectivity index (χ2n) is 5.51. The predicted octanol–water partition coefficient (Wildman–Crippen LogP) is 2.94. The van der Waals surface area contributed by atoms with Gasteiger partial charge in [-0.05, 0) is 37.0 Å². The lowest BCUT2D eigenvalue weighted by molar-refractivity contribution is 0.416. The number of aryl methyl sites for hydroxylation is 1. The summed E-state index contributed by atoms with van der Waals surface area (Å²) >= 11 is 0. The van der Waals surface area contributed by atoms with E-state index in [4.69, 9.17) is 10.6 Å². The SMILES string of the molecule is COc1cc(C)ccc1-c1nc(CC(C)C)cc(NN)n1. The van der Waals surface area contributed by atoms with Crippen LogP contribution in [0, 0.1) is 12.8 Å². The summed E-state index contributed by atoms with van der Waals surface area (Å²) in [6.07, 6.45) is 0.873. The van der Waals surface area contributed by atoms with Crippen LogP contribution in [0.3, 0.4) is 0 Å². The Bertz CT molecular complexity index is 626. The monoisotopic (exact) mass is 286 g/mol. The number of anilines is 1. The van der Waals surface area contributed by atoms with Crippen LogP contribution < -0.4 is 16.0 Å². The lowest BCUT2D eigenvalue weighted by atomic mass is 10.1. The highest BCUT2D eigenvalue weighted by Crippen LogP contribution is 2.29. The van der Waals surface area contributed by atoms with Gasteiger partial charge in [0, 0.05) is 11.8 Å². The third-order valence-electron chi connectivity index (χ3n) is 3.14. The molecule has 1 heterocycles. The molecule has 2 rings (SSSR count). The number of nitrogens with one attached hydrogen (secondary N) is 1. The predicted molar refractivity (Wildman–Crippen MR) is 85.1 cm³/mol. The summed E-state index contributed by atoms with van der Waals surface area (Å²) < 4.78 is 5.44. The molecule has 5 nitrogen and oxygen atoms in total. The number of hydrazine groups is 1. The zero-order chi connectivity index (χ0) is 15.4. The second-order valence-corrected chi connectivity index (χ2v) is 5.51. The molecule has 3 N–H and O–H groups in total. The summed E-state index contributed by atoms with van der Waals surface area (Å²) in [5, 5.41) is 0. The molecule has 0 aliphatic heterocycles. The van der Waals surface area contributed by atoms with E-state index in [0.29, 0.717) is 17.6 Å². The van der Waals surface area contributed by atoms with Crippen LogP contribution in [0.15, 0.2) is 24.3 Å². The van der Waals surface area contributed by atoms with Crippen LogP contribution in [-0.4, -0.2) is 17.1 Å². The summed E-state index contributed by atoms with van der Waals surface area (Å²) in [5.41, 5.74) is 5.57. The second kappa shape index (κ2) is 6.54. The Labute approximate surface area is 125 Å². The van der Waals surface area contributed by atoms with Crippen molar-refractivity contribution in [2.45, 2.75) is 27.2 Å². The summed E-state index contributed by atoms with van der Waals surface area (Å²) in [6, 6.07) is 7.85. The van der Waals surface area contributed by atoms with Crippen LogP contribution >= 0.6 is 0 Å². The summed E-state index contributed by atoms with van der Waals surface area (Å²) in [7, 11) is 1.65. The van der Waals surface area contributed by atoms with Crippen LogP contribution in [-0.2, 0) is 6.42 Å². The van der Waals surface area contributed by atoms with Crippen molar-refractivity contribution in [2.24, 2.45) is 11.8 Å². The summed E-state index contributed by atoms with van der Waals surface area (Å²) in [4.78, 5) is 9.08. The van der Waals surface area contributed by atoms with E-state index in [9.17, 15) is 0 Å². The van der Waals surface area contributed by atoms with Gasteiger partial charge in [0.25, 0.3) is 0 Å². The molecule has 0 bridgehead atoms. The van der Waals surface area contributed by atoms with Gasteiger partial charge in [-0.1, -0.05) is 19.9 Å². The van der Waals surface area contributed by atoms with Crippen molar-refractivity contribution in [1.82, 2.24) is 9.97 Å². The Balaban J connectivity index is 2.52. The van der Waals surface area contributed by atoms with E-state index in [-0.39, 0.29) is 0 Å². The number of nitrogen functional groups attached to an aromatic ring is 1. The molecule has 0 saturated heterocycles. The Kier molecular flexibility index (Phi) is 4.75. The van der Waals surface area contributed by atoms with Crippen molar-refractivity contribution in [3.63, 3.8) is 0 Å². The molecule has 0 aliphatic rings. The minimum atomic E-state index is 0.512. The minimum Gasteiger partial charge on any atom is -0.496 e. The molecule has 0 radical (unpaired) electrons. The molecule has 0 saturated carbocycles. The molecule has 0 amide bonds. The fourth-order valence-electron chi connectivity index (χ4n) is 2.20. The molecule has 5 heteroatoms. The lowest BCUT2D eigenvalue weighted by Gasteiger charge is -2.12. The number of rotatable bonds is 5. The van der Waals surface area contributed by atoms with Gasteiger partial charge >= 0.3 is 0 Å². The third kappa shape index (κ3) is 3.70. The number of hydrogen-bond acceptors (Lipinski definition) is 5. The average Bonchev–Trinajstić information content (AvgIpc) is 2.45. The van der Waals surface area contributed by atoms with E-state index in [2.05, 4.69) is 29.2 Å². The smallest absolute Gasteiger partial charge is 0.165 e. The van der Waals surface area contributed by atoms with Gasteiger partial charge in [0.15, 0.2) is 5.82 Å². The average molecular weight is 286 g/mol. The van der Waals surface area contributed by atoms with Gasteiger partial charge in [-0.2, -0.15) is 0 Å². The molecule has 0 aliphatic carbocycles. The van der Waals surface area contributed by atoms with Crippen molar-refractivity contribution in [2.75, 3.05) is 12.5 Å².